The third-order valence-electron chi connectivity index (χ3n) is 5.83. The second kappa shape index (κ2) is 6.72. The van der Waals surface area contributed by atoms with Crippen LogP contribution < -0.4 is 16.0 Å². The molecule has 0 bridgehead atoms. The predicted octanol–water partition coefficient (Wildman–Crippen LogP) is 1.64. The van der Waals surface area contributed by atoms with E-state index < -0.39 is 0 Å². The molecule has 1 spiro atoms. The van der Waals surface area contributed by atoms with Gasteiger partial charge in [-0.2, -0.15) is 0 Å². The number of piperidine rings is 1. The molecule has 2 aliphatic rings. The van der Waals surface area contributed by atoms with Gasteiger partial charge in [0.05, 0.1) is 23.6 Å². The summed E-state index contributed by atoms with van der Waals surface area (Å²) in [6.07, 6.45) is 3.74. The summed E-state index contributed by atoms with van der Waals surface area (Å²) in [5.74, 6) is 1.46. The number of hydrogen-bond donors (Lipinski definition) is 2. The molecule has 28 heavy (non-hydrogen) atoms. The topological polar surface area (TPSA) is 93.6 Å². The Hall–Kier alpha value is -2.71. The lowest BCUT2D eigenvalue weighted by Gasteiger charge is -2.44. The van der Waals surface area contributed by atoms with Crippen molar-refractivity contribution in [1.29, 1.82) is 0 Å². The summed E-state index contributed by atoms with van der Waals surface area (Å²) in [6, 6.07) is 7.90. The summed E-state index contributed by atoms with van der Waals surface area (Å²) < 4.78 is 8.03. The van der Waals surface area contributed by atoms with E-state index in [0.717, 1.165) is 74.0 Å². The van der Waals surface area contributed by atoms with E-state index in [1.807, 2.05) is 29.6 Å². The lowest BCUT2D eigenvalue weighted by Crippen LogP contribution is -2.55. The highest BCUT2D eigenvalue weighted by atomic mass is 16.5. The van der Waals surface area contributed by atoms with Crippen LogP contribution in [0.15, 0.2) is 30.5 Å². The molecule has 0 unspecified atom stereocenters. The fraction of sp³-hybridized carbons (Fsp3) is 0.450. The Labute approximate surface area is 163 Å². The first-order valence-electron chi connectivity index (χ1n) is 9.82. The van der Waals surface area contributed by atoms with Crippen LogP contribution in [0.3, 0.4) is 0 Å². The number of hydrogen-bond acceptors (Lipinski definition) is 7. The average Bonchev–Trinajstić information content (AvgIpc) is 3.04. The van der Waals surface area contributed by atoms with Crippen LogP contribution in [0.1, 0.15) is 18.5 Å². The number of anilines is 2. The number of nitrogen functional groups attached to an aromatic ring is 1. The molecular weight excluding hydrogens is 354 g/mol. The first-order valence-corrected chi connectivity index (χ1v) is 9.82. The Kier molecular flexibility index (Phi) is 4.17. The van der Waals surface area contributed by atoms with Crippen LogP contribution in [-0.4, -0.2) is 58.0 Å². The van der Waals surface area contributed by atoms with Gasteiger partial charge in [-0.3, -0.25) is 0 Å². The van der Waals surface area contributed by atoms with E-state index in [9.17, 15) is 0 Å². The van der Waals surface area contributed by atoms with Crippen molar-refractivity contribution in [3.63, 3.8) is 0 Å². The number of aromatic nitrogens is 4. The summed E-state index contributed by atoms with van der Waals surface area (Å²) in [6.45, 7) is 6.57. The zero-order valence-corrected chi connectivity index (χ0v) is 16.1. The molecule has 3 aromatic rings. The highest BCUT2D eigenvalue weighted by Gasteiger charge is 2.37. The minimum Gasteiger partial charge on any atom is -0.384 e. The standard InChI is InChI=1S/C20H25N7O/c1-14-19(15-4-7-23-16(21)12-15)27-17(24-14)2-3-18(25-27)26-9-5-20(6-10-26)13-22-8-11-28-20/h2-4,7,12,22H,5-6,8-11,13H2,1H3,(H2,21,23). The Morgan fingerprint density at radius 2 is 2.07 bits per heavy atom. The van der Waals surface area contributed by atoms with Crippen LogP contribution in [0.4, 0.5) is 11.6 Å². The van der Waals surface area contributed by atoms with Gasteiger partial charge in [-0.1, -0.05) is 0 Å². The molecule has 2 fully saturated rings. The maximum absolute atomic E-state index is 6.11. The molecular formula is C20H25N7O. The minimum atomic E-state index is -0.00975. The van der Waals surface area contributed by atoms with Gasteiger partial charge in [0.25, 0.3) is 0 Å². The van der Waals surface area contributed by atoms with Crippen molar-refractivity contribution in [2.24, 2.45) is 0 Å². The number of fused-ring (bicyclic) bond motifs is 1. The summed E-state index contributed by atoms with van der Waals surface area (Å²) in [4.78, 5) is 11.1. The van der Waals surface area contributed by atoms with Crippen LogP contribution in [0.2, 0.25) is 0 Å². The average molecular weight is 379 g/mol. The van der Waals surface area contributed by atoms with Gasteiger partial charge >= 0.3 is 0 Å². The van der Waals surface area contributed by atoms with Gasteiger partial charge in [-0.25, -0.2) is 14.5 Å². The lowest BCUT2D eigenvalue weighted by atomic mass is 9.90. The molecule has 146 valence electrons. The van der Waals surface area contributed by atoms with Gasteiger partial charge in [0, 0.05) is 37.9 Å². The van der Waals surface area contributed by atoms with Crippen molar-refractivity contribution < 1.29 is 4.74 Å². The monoisotopic (exact) mass is 379 g/mol. The third-order valence-corrected chi connectivity index (χ3v) is 5.83. The van der Waals surface area contributed by atoms with E-state index in [0.29, 0.717) is 5.82 Å². The number of nitrogens with zero attached hydrogens (tertiary/aromatic N) is 5. The first-order chi connectivity index (χ1) is 13.6. The summed E-state index contributed by atoms with van der Waals surface area (Å²) in [5, 5.41) is 8.39. The number of pyridine rings is 1. The molecule has 3 aromatic heterocycles. The quantitative estimate of drug-likeness (QED) is 0.699. The van der Waals surface area contributed by atoms with Crippen molar-refractivity contribution in [2.75, 3.05) is 43.4 Å². The molecule has 0 amide bonds. The Balaban J connectivity index is 1.46. The number of morpholine rings is 1. The maximum Gasteiger partial charge on any atom is 0.154 e. The molecule has 5 heterocycles. The Morgan fingerprint density at radius 3 is 2.82 bits per heavy atom. The van der Waals surface area contributed by atoms with Crippen molar-refractivity contribution in [3.8, 4) is 11.3 Å². The first kappa shape index (κ1) is 17.4. The Bertz CT molecular complexity index is 999. The second-order valence-corrected chi connectivity index (χ2v) is 7.67. The molecule has 3 N–H and O–H groups in total. The molecule has 0 atom stereocenters. The van der Waals surface area contributed by atoms with E-state index in [1.165, 1.54) is 0 Å². The number of nitrogens with one attached hydrogen (secondary N) is 1. The number of aryl methyl sites for hydroxylation is 1. The van der Waals surface area contributed by atoms with Crippen LogP contribution in [-0.2, 0) is 4.74 Å². The van der Waals surface area contributed by atoms with Gasteiger partial charge in [0.15, 0.2) is 5.65 Å². The van der Waals surface area contributed by atoms with Gasteiger partial charge in [0.2, 0.25) is 0 Å². The van der Waals surface area contributed by atoms with Crippen LogP contribution >= 0.6 is 0 Å². The Morgan fingerprint density at radius 1 is 1.21 bits per heavy atom. The smallest absolute Gasteiger partial charge is 0.154 e. The molecule has 2 aliphatic heterocycles. The molecule has 8 heteroatoms. The number of ether oxygens (including phenoxy) is 1. The minimum absolute atomic E-state index is 0.00975. The molecule has 5 rings (SSSR count). The summed E-state index contributed by atoms with van der Waals surface area (Å²) in [7, 11) is 0. The van der Waals surface area contributed by atoms with Crippen molar-refractivity contribution in [3.05, 3.63) is 36.2 Å². The van der Waals surface area contributed by atoms with E-state index >= 15 is 0 Å². The fourth-order valence-electron chi connectivity index (χ4n) is 4.30. The van der Waals surface area contributed by atoms with Crippen LogP contribution in [0.5, 0.6) is 0 Å². The highest BCUT2D eigenvalue weighted by molar-refractivity contribution is 5.68. The summed E-state index contributed by atoms with van der Waals surface area (Å²) >= 11 is 0. The van der Waals surface area contributed by atoms with Gasteiger partial charge in [-0.05, 0) is 44.0 Å². The maximum atomic E-state index is 6.11. The number of imidazole rings is 1. The number of rotatable bonds is 2. The zero-order valence-electron chi connectivity index (χ0n) is 16.1. The van der Waals surface area contributed by atoms with E-state index in [1.54, 1.807) is 6.20 Å². The SMILES string of the molecule is Cc1nc2ccc(N3CCC4(CC3)CNCCO4)nn2c1-c1ccnc(N)c1. The molecule has 0 aliphatic carbocycles. The van der Waals surface area contributed by atoms with Gasteiger partial charge in [-0.15, -0.1) is 5.10 Å². The van der Waals surface area contributed by atoms with Crippen LogP contribution in [0.25, 0.3) is 16.9 Å². The second-order valence-electron chi connectivity index (χ2n) is 7.67. The van der Waals surface area contributed by atoms with Gasteiger partial charge in [0.1, 0.15) is 11.6 Å². The normalized spacial score (nSPS) is 19.4. The zero-order chi connectivity index (χ0) is 19.1. The molecule has 8 nitrogen and oxygen atoms in total. The number of nitrogens with two attached hydrogens (primary N) is 1. The van der Waals surface area contributed by atoms with Crippen molar-refractivity contribution >= 4 is 17.3 Å². The largest absolute Gasteiger partial charge is 0.384 e. The van der Waals surface area contributed by atoms with E-state index in [4.69, 9.17) is 15.6 Å². The highest BCUT2D eigenvalue weighted by Crippen LogP contribution is 2.31. The van der Waals surface area contributed by atoms with Crippen molar-refractivity contribution in [1.82, 2.24) is 24.9 Å². The lowest BCUT2D eigenvalue weighted by molar-refractivity contribution is -0.0800. The molecule has 0 saturated carbocycles. The molecule has 2 saturated heterocycles. The molecule has 0 radical (unpaired) electrons. The third kappa shape index (κ3) is 2.98. The van der Waals surface area contributed by atoms with Gasteiger partial charge < -0.3 is 20.7 Å². The van der Waals surface area contributed by atoms with E-state index in [2.05, 4.69) is 26.3 Å². The fourth-order valence-corrected chi connectivity index (χ4v) is 4.30. The summed E-state index contributed by atoms with van der Waals surface area (Å²) in [5.41, 5.74) is 9.57. The van der Waals surface area contributed by atoms with Crippen molar-refractivity contribution in [2.45, 2.75) is 25.4 Å². The molecule has 0 aromatic carbocycles. The van der Waals surface area contributed by atoms with Crippen LogP contribution in [0, 0.1) is 6.92 Å². The predicted molar refractivity (Wildman–Crippen MR) is 108 cm³/mol. The van der Waals surface area contributed by atoms with E-state index in [-0.39, 0.29) is 5.60 Å².